The number of benzene rings is 2. The minimum atomic E-state index is -1.02. The number of para-hydroxylation sites is 1. The van der Waals surface area contributed by atoms with E-state index in [1.54, 1.807) is 18.2 Å². The van der Waals surface area contributed by atoms with Gasteiger partial charge in [-0.05, 0) is 30.3 Å². The van der Waals surface area contributed by atoms with E-state index in [0.717, 1.165) is 11.3 Å². The predicted octanol–water partition coefficient (Wildman–Crippen LogP) is 2.92. The number of carboxylic acid groups (broad SMARTS) is 1. The molecule has 0 aliphatic carbocycles. The van der Waals surface area contributed by atoms with Crippen LogP contribution in [0.2, 0.25) is 5.02 Å². The van der Waals surface area contributed by atoms with E-state index in [1.165, 1.54) is 0 Å². The van der Waals surface area contributed by atoms with Crippen LogP contribution in [-0.2, 0) is 11.3 Å². The van der Waals surface area contributed by atoms with Gasteiger partial charge in [0.25, 0.3) is 0 Å². The first-order valence-electron chi connectivity index (χ1n) is 6.32. The summed E-state index contributed by atoms with van der Waals surface area (Å²) in [5.74, 6) is -0.532. The molecule has 21 heavy (non-hydrogen) atoms. The number of hydrogen-bond acceptors (Lipinski definition) is 4. The van der Waals surface area contributed by atoms with Crippen LogP contribution in [0.5, 0.6) is 5.75 Å². The van der Waals surface area contributed by atoms with Crippen LogP contribution in [0.3, 0.4) is 0 Å². The summed E-state index contributed by atoms with van der Waals surface area (Å²) in [5.41, 5.74) is 7.77. The highest BCUT2D eigenvalue weighted by atomic mass is 35.5. The smallest absolute Gasteiger partial charge is 0.341 e. The molecule has 6 heteroatoms. The molecule has 0 radical (unpaired) electrons. The van der Waals surface area contributed by atoms with Gasteiger partial charge in [0.05, 0.1) is 0 Å². The second-order valence-electron chi connectivity index (χ2n) is 4.28. The van der Waals surface area contributed by atoms with Crippen molar-refractivity contribution in [2.75, 3.05) is 12.0 Å². The Morgan fingerprint density at radius 2 is 1.95 bits per heavy atom. The van der Waals surface area contributed by atoms with Gasteiger partial charge in [0.15, 0.2) is 6.61 Å². The van der Waals surface area contributed by atoms with E-state index in [9.17, 15) is 4.79 Å². The number of carboxylic acids is 1. The first-order chi connectivity index (χ1) is 10.1. The van der Waals surface area contributed by atoms with Crippen LogP contribution >= 0.6 is 11.6 Å². The maximum atomic E-state index is 10.6. The Hall–Kier alpha value is -2.24. The lowest BCUT2D eigenvalue weighted by molar-refractivity contribution is -0.139. The summed E-state index contributed by atoms with van der Waals surface area (Å²) in [7, 11) is 0. The summed E-state index contributed by atoms with van der Waals surface area (Å²) in [6, 6.07) is 14.7. The topological polar surface area (TPSA) is 70.6 Å². The fraction of sp³-hybridized carbons (Fsp3) is 0.133. The van der Waals surface area contributed by atoms with Gasteiger partial charge in [-0.15, -0.1) is 0 Å². The van der Waals surface area contributed by atoms with Crippen LogP contribution in [-0.4, -0.2) is 17.7 Å². The third-order valence-electron chi connectivity index (χ3n) is 2.66. The van der Waals surface area contributed by atoms with Crippen LogP contribution in [0, 0.1) is 0 Å². The molecule has 110 valence electrons. The van der Waals surface area contributed by atoms with Crippen molar-refractivity contribution in [2.45, 2.75) is 6.54 Å². The standard InChI is InChI=1S/C15H15ClN2O3/c16-12-6-7-14(21-10-15(19)20)11(8-12)9-17-18-13-4-2-1-3-5-13/h1-8,17-18H,9-10H2,(H,19,20). The predicted molar refractivity (Wildman–Crippen MR) is 81.5 cm³/mol. The molecule has 0 fully saturated rings. The van der Waals surface area contributed by atoms with Gasteiger partial charge in [-0.1, -0.05) is 29.8 Å². The Bertz CT molecular complexity index is 605. The highest BCUT2D eigenvalue weighted by Gasteiger charge is 2.07. The van der Waals surface area contributed by atoms with Gasteiger partial charge in [0.1, 0.15) is 5.75 Å². The molecule has 0 amide bonds. The zero-order valence-electron chi connectivity index (χ0n) is 11.2. The van der Waals surface area contributed by atoms with Crippen molar-refractivity contribution in [3.05, 3.63) is 59.1 Å². The average Bonchev–Trinajstić information content (AvgIpc) is 2.47. The molecule has 2 aromatic rings. The molecule has 3 N–H and O–H groups in total. The Kier molecular flexibility index (Phi) is 5.43. The van der Waals surface area contributed by atoms with Gasteiger partial charge in [-0.25, -0.2) is 10.2 Å². The lowest BCUT2D eigenvalue weighted by atomic mass is 10.2. The molecule has 2 rings (SSSR count). The summed E-state index contributed by atoms with van der Waals surface area (Å²) in [4.78, 5) is 10.6. The van der Waals surface area contributed by atoms with Crippen molar-refractivity contribution in [1.82, 2.24) is 5.43 Å². The Balaban J connectivity index is 1.97. The summed E-state index contributed by atoms with van der Waals surface area (Å²) in [6.07, 6.45) is 0. The van der Waals surface area contributed by atoms with E-state index in [1.807, 2.05) is 30.3 Å². The van der Waals surface area contributed by atoms with Gasteiger partial charge in [0, 0.05) is 22.8 Å². The van der Waals surface area contributed by atoms with Crippen molar-refractivity contribution in [1.29, 1.82) is 0 Å². The summed E-state index contributed by atoms with van der Waals surface area (Å²) >= 11 is 5.96. The molecule has 0 saturated carbocycles. The first-order valence-corrected chi connectivity index (χ1v) is 6.70. The van der Waals surface area contributed by atoms with E-state index in [4.69, 9.17) is 21.4 Å². The molecule has 0 atom stereocenters. The lowest BCUT2D eigenvalue weighted by Gasteiger charge is -2.13. The van der Waals surface area contributed by atoms with Gasteiger partial charge in [0.2, 0.25) is 0 Å². The summed E-state index contributed by atoms with van der Waals surface area (Å²) in [5, 5.41) is 9.23. The van der Waals surface area contributed by atoms with Crippen molar-refractivity contribution >= 4 is 23.3 Å². The molecule has 0 aliphatic rings. The molecule has 0 unspecified atom stereocenters. The molecular weight excluding hydrogens is 292 g/mol. The number of halogens is 1. The van der Waals surface area contributed by atoms with Crippen molar-refractivity contribution < 1.29 is 14.6 Å². The third kappa shape index (κ3) is 4.98. The average molecular weight is 307 g/mol. The molecule has 0 saturated heterocycles. The van der Waals surface area contributed by atoms with Gasteiger partial charge >= 0.3 is 5.97 Å². The van der Waals surface area contributed by atoms with E-state index in [-0.39, 0.29) is 6.61 Å². The fourth-order valence-corrected chi connectivity index (χ4v) is 1.92. The van der Waals surface area contributed by atoms with Crippen molar-refractivity contribution in [2.24, 2.45) is 0 Å². The monoisotopic (exact) mass is 306 g/mol. The quantitative estimate of drug-likeness (QED) is 0.686. The summed E-state index contributed by atoms with van der Waals surface area (Å²) in [6.45, 7) is 0.0468. The molecule has 2 aromatic carbocycles. The number of anilines is 1. The Labute approximate surface area is 127 Å². The second-order valence-corrected chi connectivity index (χ2v) is 4.72. The highest BCUT2D eigenvalue weighted by molar-refractivity contribution is 6.30. The zero-order chi connectivity index (χ0) is 15.1. The number of hydrogen-bond donors (Lipinski definition) is 3. The fourth-order valence-electron chi connectivity index (χ4n) is 1.73. The number of hydrazine groups is 1. The molecule has 0 aromatic heterocycles. The number of aliphatic carboxylic acids is 1. The van der Waals surface area contributed by atoms with Crippen molar-refractivity contribution in [3.63, 3.8) is 0 Å². The lowest BCUT2D eigenvalue weighted by Crippen LogP contribution is -2.21. The van der Waals surface area contributed by atoms with E-state index >= 15 is 0 Å². The maximum absolute atomic E-state index is 10.6. The molecule has 0 spiro atoms. The first kappa shape index (κ1) is 15.2. The number of carbonyl (C=O) groups is 1. The largest absolute Gasteiger partial charge is 0.482 e. The minimum absolute atomic E-state index is 0.388. The van der Waals surface area contributed by atoms with Crippen molar-refractivity contribution in [3.8, 4) is 5.75 Å². The molecular formula is C15H15ClN2O3. The van der Waals surface area contributed by atoms with E-state index < -0.39 is 5.97 Å². The molecule has 0 bridgehead atoms. The van der Waals surface area contributed by atoms with E-state index in [2.05, 4.69) is 10.9 Å². The SMILES string of the molecule is O=C(O)COc1ccc(Cl)cc1CNNc1ccccc1. The van der Waals surface area contributed by atoms with Crippen LogP contribution in [0.15, 0.2) is 48.5 Å². The van der Waals surface area contributed by atoms with Gasteiger partial charge < -0.3 is 15.3 Å². The molecule has 5 nitrogen and oxygen atoms in total. The van der Waals surface area contributed by atoms with E-state index in [0.29, 0.717) is 17.3 Å². The van der Waals surface area contributed by atoms with Crippen LogP contribution in [0.25, 0.3) is 0 Å². The normalized spacial score (nSPS) is 10.1. The third-order valence-corrected chi connectivity index (χ3v) is 2.89. The second kappa shape index (κ2) is 7.52. The number of ether oxygens (including phenoxy) is 1. The highest BCUT2D eigenvalue weighted by Crippen LogP contribution is 2.23. The molecule has 0 aliphatic heterocycles. The maximum Gasteiger partial charge on any atom is 0.341 e. The van der Waals surface area contributed by atoms with Crippen LogP contribution in [0.4, 0.5) is 5.69 Å². The Morgan fingerprint density at radius 3 is 2.67 bits per heavy atom. The summed E-state index contributed by atoms with van der Waals surface area (Å²) < 4.78 is 5.23. The minimum Gasteiger partial charge on any atom is -0.482 e. The Morgan fingerprint density at radius 1 is 1.19 bits per heavy atom. The number of nitrogens with one attached hydrogen (secondary N) is 2. The van der Waals surface area contributed by atoms with Crippen LogP contribution in [0.1, 0.15) is 5.56 Å². The zero-order valence-corrected chi connectivity index (χ0v) is 11.9. The van der Waals surface area contributed by atoms with Gasteiger partial charge in [-0.3, -0.25) is 0 Å². The molecule has 0 heterocycles. The number of rotatable bonds is 7. The van der Waals surface area contributed by atoms with Gasteiger partial charge in [-0.2, -0.15) is 0 Å². The van der Waals surface area contributed by atoms with Crippen LogP contribution < -0.4 is 15.6 Å².